The SMILES string of the molecule is Cc1cccc(C2CC(=O)NC2Cc2ccccc2)c1. The molecule has 1 fully saturated rings. The van der Waals surface area contributed by atoms with E-state index in [0.717, 1.165) is 6.42 Å². The predicted octanol–water partition coefficient (Wildman–Crippen LogP) is 3.21. The van der Waals surface area contributed by atoms with Crippen LogP contribution in [0.3, 0.4) is 0 Å². The van der Waals surface area contributed by atoms with Crippen LogP contribution in [-0.4, -0.2) is 11.9 Å². The molecule has 2 nitrogen and oxygen atoms in total. The summed E-state index contributed by atoms with van der Waals surface area (Å²) in [5.41, 5.74) is 3.79. The van der Waals surface area contributed by atoms with E-state index in [4.69, 9.17) is 0 Å². The lowest BCUT2D eigenvalue weighted by Gasteiger charge is -2.19. The van der Waals surface area contributed by atoms with Crippen molar-refractivity contribution >= 4 is 5.91 Å². The summed E-state index contributed by atoms with van der Waals surface area (Å²) >= 11 is 0. The van der Waals surface area contributed by atoms with E-state index < -0.39 is 0 Å². The van der Waals surface area contributed by atoms with Crippen LogP contribution in [0.15, 0.2) is 54.6 Å². The zero-order valence-corrected chi connectivity index (χ0v) is 11.7. The first-order valence-electron chi connectivity index (χ1n) is 7.12. The van der Waals surface area contributed by atoms with Gasteiger partial charge >= 0.3 is 0 Å². The largest absolute Gasteiger partial charge is 0.352 e. The van der Waals surface area contributed by atoms with Gasteiger partial charge in [0.25, 0.3) is 0 Å². The summed E-state index contributed by atoms with van der Waals surface area (Å²) in [6.45, 7) is 2.10. The average molecular weight is 265 g/mol. The van der Waals surface area contributed by atoms with Gasteiger partial charge in [0.15, 0.2) is 0 Å². The van der Waals surface area contributed by atoms with E-state index in [-0.39, 0.29) is 17.9 Å². The summed E-state index contributed by atoms with van der Waals surface area (Å²) in [4.78, 5) is 11.8. The number of carbonyl (C=O) groups is 1. The standard InChI is InChI=1S/C18H19NO/c1-13-6-5-9-15(10-13)16-12-18(20)19-17(16)11-14-7-3-2-4-8-14/h2-10,16-17H,11-12H2,1H3,(H,19,20). The quantitative estimate of drug-likeness (QED) is 0.907. The fourth-order valence-corrected chi connectivity index (χ4v) is 3.02. The second-order valence-electron chi connectivity index (χ2n) is 5.59. The van der Waals surface area contributed by atoms with Crippen molar-refractivity contribution in [1.82, 2.24) is 5.32 Å². The molecule has 0 aromatic heterocycles. The van der Waals surface area contributed by atoms with Crippen LogP contribution in [0.1, 0.15) is 29.0 Å². The van der Waals surface area contributed by atoms with Crippen LogP contribution < -0.4 is 5.32 Å². The number of benzene rings is 2. The molecule has 0 saturated carbocycles. The van der Waals surface area contributed by atoms with Crippen LogP contribution >= 0.6 is 0 Å². The van der Waals surface area contributed by atoms with E-state index in [1.54, 1.807) is 0 Å². The zero-order valence-electron chi connectivity index (χ0n) is 11.7. The van der Waals surface area contributed by atoms with Gasteiger partial charge in [0.05, 0.1) is 0 Å². The highest BCUT2D eigenvalue weighted by atomic mass is 16.2. The van der Waals surface area contributed by atoms with Crippen molar-refractivity contribution in [2.45, 2.75) is 31.7 Å². The first-order valence-corrected chi connectivity index (χ1v) is 7.12. The summed E-state index contributed by atoms with van der Waals surface area (Å²) in [5, 5.41) is 3.13. The topological polar surface area (TPSA) is 29.1 Å². The Morgan fingerprint density at radius 1 is 1.10 bits per heavy atom. The van der Waals surface area contributed by atoms with Gasteiger partial charge in [0, 0.05) is 18.4 Å². The second-order valence-corrected chi connectivity index (χ2v) is 5.59. The fourth-order valence-electron chi connectivity index (χ4n) is 3.02. The molecule has 0 spiro atoms. The van der Waals surface area contributed by atoms with Crippen LogP contribution in [0.2, 0.25) is 0 Å². The average Bonchev–Trinajstić information content (AvgIpc) is 2.81. The molecule has 1 amide bonds. The maximum Gasteiger partial charge on any atom is 0.220 e. The Labute approximate surface area is 119 Å². The van der Waals surface area contributed by atoms with E-state index in [2.05, 4.69) is 48.6 Å². The molecule has 0 aliphatic carbocycles. The number of nitrogens with one attached hydrogen (secondary N) is 1. The highest BCUT2D eigenvalue weighted by Crippen LogP contribution is 2.30. The van der Waals surface area contributed by atoms with Crippen LogP contribution in [0.4, 0.5) is 0 Å². The minimum absolute atomic E-state index is 0.164. The Morgan fingerprint density at radius 3 is 2.65 bits per heavy atom. The third-order valence-electron chi connectivity index (χ3n) is 4.01. The third-order valence-corrected chi connectivity index (χ3v) is 4.01. The number of amides is 1. The number of hydrogen-bond acceptors (Lipinski definition) is 1. The predicted molar refractivity (Wildman–Crippen MR) is 80.6 cm³/mol. The van der Waals surface area contributed by atoms with Gasteiger partial charge in [-0.3, -0.25) is 4.79 Å². The Morgan fingerprint density at radius 2 is 1.90 bits per heavy atom. The van der Waals surface area contributed by atoms with Crippen molar-refractivity contribution in [2.75, 3.05) is 0 Å². The normalized spacial score (nSPS) is 21.8. The molecule has 1 aliphatic rings. The van der Waals surface area contributed by atoms with Crippen molar-refractivity contribution in [3.05, 3.63) is 71.3 Å². The van der Waals surface area contributed by atoms with Gasteiger partial charge in [0.2, 0.25) is 5.91 Å². The first-order chi connectivity index (χ1) is 9.72. The Hall–Kier alpha value is -2.09. The number of hydrogen-bond donors (Lipinski definition) is 1. The van der Waals surface area contributed by atoms with E-state index in [0.29, 0.717) is 6.42 Å². The van der Waals surface area contributed by atoms with Crippen LogP contribution in [-0.2, 0) is 11.2 Å². The lowest BCUT2D eigenvalue weighted by molar-refractivity contribution is -0.119. The maximum absolute atomic E-state index is 11.8. The van der Waals surface area contributed by atoms with Gasteiger partial charge in [-0.25, -0.2) is 0 Å². The molecule has 3 rings (SSSR count). The van der Waals surface area contributed by atoms with Crippen LogP contribution in [0.25, 0.3) is 0 Å². The van der Waals surface area contributed by atoms with E-state index in [9.17, 15) is 4.79 Å². The van der Waals surface area contributed by atoms with E-state index >= 15 is 0 Å². The van der Waals surface area contributed by atoms with Gasteiger partial charge in [-0.1, -0.05) is 60.2 Å². The molecule has 0 bridgehead atoms. The third kappa shape index (κ3) is 2.74. The molecule has 20 heavy (non-hydrogen) atoms. The lowest BCUT2D eigenvalue weighted by Crippen LogP contribution is -2.30. The molecular weight excluding hydrogens is 246 g/mol. The molecule has 1 N–H and O–H groups in total. The molecule has 1 heterocycles. The maximum atomic E-state index is 11.8. The number of rotatable bonds is 3. The van der Waals surface area contributed by atoms with Crippen molar-refractivity contribution in [1.29, 1.82) is 0 Å². The smallest absolute Gasteiger partial charge is 0.220 e. The molecule has 2 aromatic carbocycles. The molecule has 2 heteroatoms. The van der Waals surface area contributed by atoms with Gasteiger partial charge in [-0.05, 0) is 24.5 Å². The molecule has 2 aromatic rings. The van der Waals surface area contributed by atoms with Gasteiger partial charge in [-0.15, -0.1) is 0 Å². The monoisotopic (exact) mass is 265 g/mol. The highest BCUT2D eigenvalue weighted by Gasteiger charge is 2.33. The molecular formula is C18H19NO. The Kier molecular flexibility index (Phi) is 3.55. The van der Waals surface area contributed by atoms with E-state index in [1.165, 1.54) is 16.7 Å². The minimum atomic E-state index is 0.164. The molecule has 102 valence electrons. The van der Waals surface area contributed by atoms with Gasteiger partial charge in [-0.2, -0.15) is 0 Å². The fraction of sp³-hybridized carbons (Fsp3) is 0.278. The minimum Gasteiger partial charge on any atom is -0.352 e. The van der Waals surface area contributed by atoms with Crippen LogP contribution in [0.5, 0.6) is 0 Å². The summed E-state index contributed by atoms with van der Waals surface area (Å²) < 4.78 is 0. The number of aryl methyl sites for hydroxylation is 1. The van der Waals surface area contributed by atoms with Crippen molar-refractivity contribution < 1.29 is 4.79 Å². The van der Waals surface area contributed by atoms with Crippen molar-refractivity contribution in [3.63, 3.8) is 0 Å². The molecule has 2 atom stereocenters. The zero-order chi connectivity index (χ0) is 13.9. The molecule has 0 radical (unpaired) electrons. The summed E-state index contributed by atoms with van der Waals surface area (Å²) in [6.07, 6.45) is 1.49. The highest BCUT2D eigenvalue weighted by molar-refractivity contribution is 5.80. The van der Waals surface area contributed by atoms with E-state index in [1.807, 2.05) is 18.2 Å². The Balaban J connectivity index is 1.83. The second kappa shape index (κ2) is 5.49. The van der Waals surface area contributed by atoms with Gasteiger partial charge < -0.3 is 5.32 Å². The number of carbonyl (C=O) groups excluding carboxylic acids is 1. The summed E-state index contributed by atoms with van der Waals surface area (Å²) in [5.74, 6) is 0.444. The van der Waals surface area contributed by atoms with Gasteiger partial charge in [0.1, 0.15) is 0 Å². The molecule has 2 unspecified atom stereocenters. The summed E-state index contributed by atoms with van der Waals surface area (Å²) in [7, 11) is 0. The molecule has 1 saturated heterocycles. The summed E-state index contributed by atoms with van der Waals surface area (Å²) in [6, 6.07) is 19.1. The van der Waals surface area contributed by atoms with Crippen molar-refractivity contribution in [3.8, 4) is 0 Å². The van der Waals surface area contributed by atoms with Crippen molar-refractivity contribution in [2.24, 2.45) is 0 Å². The Bertz CT molecular complexity index is 606. The lowest BCUT2D eigenvalue weighted by atomic mass is 9.88. The van der Waals surface area contributed by atoms with Crippen LogP contribution in [0, 0.1) is 6.92 Å². The first kappa shape index (κ1) is 12.9. The molecule has 1 aliphatic heterocycles.